The lowest BCUT2D eigenvalue weighted by molar-refractivity contribution is -0.289. The van der Waals surface area contributed by atoms with Gasteiger partial charge in [0.15, 0.2) is 0 Å². The molecule has 0 saturated heterocycles. The highest BCUT2D eigenvalue weighted by atomic mass is 19.4. The minimum absolute atomic E-state index is 0.00388. The van der Waals surface area contributed by atoms with Crippen molar-refractivity contribution in [2.24, 2.45) is 0 Å². The second-order valence-electron chi connectivity index (χ2n) is 8.08. The Hall–Kier alpha value is -4.34. The molecule has 4 rings (SSSR count). The molecule has 0 amide bonds. The van der Waals surface area contributed by atoms with E-state index in [1.54, 1.807) is 0 Å². The van der Waals surface area contributed by atoms with E-state index in [0.29, 0.717) is 5.69 Å². The zero-order chi connectivity index (χ0) is 26.8. The molecule has 192 valence electrons. The summed E-state index contributed by atoms with van der Waals surface area (Å²) in [4.78, 5) is 0. The number of nitrogen functional groups attached to an aromatic ring is 2. The van der Waals surface area contributed by atoms with E-state index >= 15 is 0 Å². The maximum atomic E-state index is 14.9. The molecule has 0 bridgehead atoms. The lowest BCUT2D eigenvalue weighted by atomic mass is 9.72. The second kappa shape index (κ2) is 9.61. The molecule has 4 nitrogen and oxygen atoms in total. The van der Waals surface area contributed by atoms with Gasteiger partial charge in [-0.15, -0.1) is 0 Å². The van der Waals surface area contributed by atoms with Crippen molar-refractivity contribution >= 4 is 11.4 Å². The van der Waals surface area contributed by atoms with Crippen LogP contribution >= 0.6 is 0 Å². The number of alkyl halides is 6. The van der Waals surface area contributed by atoms with Gasteiger partial charge in [0.25, 0.3) is 0 Å². The molecule has 0 saturated carbocycles. The van der Waals surface area contributed by atoms with E-state index in [-0.39, 0.29) is 17.2 Å². The maximum Gasteiger partial charge on any atom is 0.411 e. The highest BCUT2D eigenvalue weighted by Gasteiger charge is 2.74. The van der Waals surface area contributed by atoms with E-state index in [2.05, 4.69) is 0 Å². The molecule has 4 aromatic rings. The molecule has 37 heavy (non-hydrogen) atoms. The Morgan fingerprint density at radius 3 is 1.46 bits per heavy atom. The van der Waals surface area contributed by atoms with Crippen molar-refractivity contribution in [1.82, 2.24) is 0 Å². The first-order valence-corrected chi connectivity index (χ1v) is 10.8. The first-order valence-electron chi connectivity index (χ1n) is 10.8. The SMILES string of the molecule is Nc1ccc(Oc2ccccc2C(c2ccccc2Oc2cccc(N)c2)(C(F)(F)F)C(F)(F)F)cc1. The number of rotatable bonds is 6. The van der Waals surface area contributed by atoms with E-state index in [4.69, 9.17) is 20.9 Å². The van der Waals surface area contributed by atoms with Crippen molar-refractivity contribution < 1.29 is 35.8 Å². The summed E-state index contributed by atoms with van der Waals surface area (Å²) in [7, 11) is 0. The summed E-state index contributed by atoms with van der Waals surface area (Å²) < 4.78 is 101. The third kappa shape index (κ3) is 4.87. The van der Waals surface area contributed by atoms with Crippen LogP contribution in [0.1, 0.15) is 11.1 Å². The van der Waals surface area contributed by atoms with Crippen LogP contribution in [0.5, 0.6) is 23.0 Å². The highest BCUT2D eigenvalue weighted by molar-refractivity contribution is 5.57. The van der Waals surface area contributed by atoms with E-state index in [1.165, 1.54) is 60.7 Å². The quantitative estimate of drug-likeness (QED) is 0.202. The van der Waals surface area contributed by atoms with E-state index < -0.39 is 40.4 Å². The molecule has 4 N–H and O–H groups in total. The van der Waals surface area contributed by atoms with Crippen molar-refractivity contribution in [1.29, 1.82) is 0 Å². The molecule has 0 unspecified atom stereocenters. The van der Waals surface area contributed by atoms with Gasteiger partial charge in [0, 0.05) is 28.6 Å². The molecule has 10 heteroatoms. The molecule has 0 aliphatic rings. The number of halogens is 6. The fourth-order valence-electron chi connectivity index (χ4n) is 4.02. The van der Waals surface area contributed by atoms with E-state index in [1.807, 2.05) is 0 Å². The van der Waals surface area contributed by atoms with Crippen LogP contribution in [0.4, 0.5) is 37.7 Å². The van der Waals surface area contributed by atoms with Crippen LogP contribution in [-0.4, -0.2) is 12.4 Å². The second-order valence-corrected chi connectivity index (χ2v) is 8.08. The number of benzene rings is 4. The predicted molar refractivity (Wildman–Crippen MR) is 128 cm³/mol. The van der Waals surface area contributed by atoms with Gasteiger partial charge >= 0.3 is 12.4 Å². The summed E-state index contributed by atoms with van der Waals surface area (Å²) in [6, 6.07) is 19.4. The van der Waals surface area contributed by atoms with Gasteiger partial charge < -0.3 is 20.9 Å². The van der Waals surface area contributed by atoms with Gasteiger partial charge in [-0.3, -0.25) is 0 Å². The maximum absolute atomic E-state index is 14.9. The monoisotopic (exact) mass is 518 g/mol. The Bertz CT molecular complexity index is 1370. The van der Waals surface area contributed by atoms with Crippen molar-refractivity contribution in [3.05, 3.63) is 108 Å². The Labute approximate surface area is 208 Å². The summed E-state index contributed by atoms with van der Waals surface area (Å²) in [5.74, 6) is -1.31. The molecular weight excluding hydrogens is 498 g/mol. The molecule has 0 aliphatic carbocycles. The van der Waals surface area contributed by atoms with Crippen molar-refractivity contribution in [3.63, 3.8) is 0 Å². The number of ether oxygens (including phenoxy) is 2. The van der Waals surface area contributed by atoms with Gasteiger partial charge in [0.2, 0.25) is 5.41 Å². The molecular formula is C27H20F6N2O2. The molecule has 0 radical (unpaired) electrons. The minimum Gasteiger partial charge on any atom is -0.457 e. The summed E-state index contributed by atoms with van der Waals surface area (Å²) in [5, 5.41) is 0. The number of hydrogen-bond donors (Lipinski definition) is 2. The zero-order valence-electron chi connectivity index (χ0n) is 19.0. The molecule has 0 atom stereocenters. The smallest absolute Gasteiger partial charge is 0.411 e. The van der Waals surface area contributed by atoms with Crippen LogP contribution in [0.2, 0.25) is 0 Å². The molecule has 0 heterocycles. The van der Waals surface area contributed by atoms with Crippen LogP contribution in [0, 0.1) is 0 Å². The number of anilines is 2. The van der Waals surface area contributed by atoms with E-state index in [9.17, 15) is 26.3 Å². The predicted octanol–water partition coefficient (Wildman–Crippen LogP) is 7.85. The standard InChI is InChI=1S/C27H20F6N2O2/c28-26(29,30)25(27(31,32)33,21-8-1-3-10-23(21)36-19-14-12-17(34)13-15-19)22-9-2-4-11-24(22)37-20-7-5-6-18(35)16-20/h1-16H,34-35H2. The van der Waals surface area contributed by atoms with Crippen LogP contribution in [-0.2, 0) is 5.41 Å². The largest absolute Gasteiger partial charge is 0.457 e. The van der Waals surface area contributed by atoms with Crippen LogP contribution in [0.15, 0.2) is 97.1 Å². The van der Waals surface area contributed by atoms with Crippen LogP contribution < -0.4 is 20.9 Å². The average Bonchev–Trinajstić information content (AvgIpc) is 2.81. The molecule has 0 aliphatic heterocycles. The summed E-state index contributed by atoms with van der Waals surface area (Å²) in [6.07, 6.45) is -11.7. The lowest BCUT2D eigenvalue weighted by Gasteiger charge is -2.39. The minimum atomic E-state index is -5.86. The first kappa shape index (κ1) is 25.7. The molecule has 0 aromatic heterocycles. The lowest BCUT2D eigenvalue weighted by Crippen LogP contribution is -2.55. The normalized spacial score (nSPS) is 12.3. The van der Waals surface area contributed by atoms with Gasteiger partial charge in [-0.05, 0) is 48.5 Å². The van der Waals surface area contributed by atoms with Crippen molar-refractivity contribution in [2.75, 3.05) is 11.5 Å². The van der Waals surface area contributed by atoms with Gasteiger partial charge in [-0.1, -0.05) is 42.5 Å². The number of para-hydroxylation sites is 2. The number of hydrogen-bond acceptors (Lipinski definition) is 4. The number of nitrogens with two attached hydrogens (primary N) is 2. The summed E-state index contributed by atoms with van der Waals surface area (Å²) in [5.41, 5.74) is 5.06. The van der Waals surface area contributed by atoms with Crippen molar-refractivity contribution in [2.45, 2.75) is 17.8 Å². The van der Waals surface area contributed by atoms with Crippen LogP contribution in [0.25, 0.3) is 0 Å². The van der Waals surface area contributed by atoms with Gasteiger partial charge in [0.05, 0.1) is 0 Å². The zero-order valence-corrected chi connectivity index (χ0v) is 19.0. The van der Waals surface area contributed by atoms with Gasteiger partial charge in [-0.25, -0.2) is 0 Å². The molecule has 0 spiro atoms. The van der Waals surface area contributed by atoms with Gasteiger partial charge in [-0.2, -0.15) is 26.3 Å². The Kier molecular flexibility index (Phi) is 6.68. The Balaban J connectivity index is 1.98. The third-order valence-electron chi connectivity index (χ3n) is 5.63. The van der Waals surface area contributed by atoms with Gasteiger partial charge in [0.1, 0.15) is 23.0 Å². The van der Waals surface area contributed by atoms with Crippen LogP contribution in [0.3, 0.4) is 0 Å². The fourth-order valence-corrected chi connectivity index (χ4v) is 4.02. The highest BCUT2D eigenvalue weighted by Crippen LogP contribution is 2.60. The summed E-state index contributed by atoms with van der Waals surface area (Å²) >= 11 is 0. The first-order chi connectivity index (χ1) is 17.4. The topological polar surface area (TPSA) is 70.5 Å². The fraction of sp³-hybridized carbons (Fsp3) is 0.111. The average molecular weight is 518 g/mol. The Morgan fingerprint density at radius 1 is 0.486 bits per heavy atom. The third-order valence-corrected chi connectivity index (χ3v) is 5.63. The van der Waals surface area contributed by atoms with Crippen molar-refractivity contribution in [3.8, 4) is 23.0 Å². The summed E-state index contributed by atoms with van der Waals surface area (Å²) in [6.45, 7) is 0. The van der Waals surface area contributed by atoms with E-state index in [0.717, 1.165) is 36.4 Å². The molecule has 0 fully saturated rings. The molecule has 4 aromatic carbocycles. The Morgan fingerprint density at radius 2 is 0.973 bits per heavy atom.